The molecule has 2 heterocycles. The molecule has 1 aliphatic rings. The van der Waals surface area contributed by atoms with Gasteiger partial charge in [0.25, 0.3) is 0 Å². The molecule has 0 spiro atoms. The lowest BCUT2D eigenvalue weighted by atomic mass is 10.1. The Morgan fingerprint density at radius 1 is 0.935 bits per heavy atom. The van der Waals surface area contributed by atoms with E-state index in [2.05, 4.69) is 14.5 Å². The van der Waals surface area contributed by atoms with Crippen molar-refractivity contribution in [3.63, 3.8) is 0 Å². The standard InChI is InChI=1S/C22H23F2N3O3S/c23-17-7-9-18(10-8-17)26-11-13-27(14-12-26)20(21-5-3-15-30-21)16-25-31(28,29)22-6-2-1-4-19(22)24/h1-10,15,20,25H,11-14,16H2. The van der Waals surface area contributed by atoms with E-state index in [9.17, 15) is 17.2 Å². The highest BCUT2D eigenvalue weighted by Crippen LogP contribution is 2.25. The number of hydrogen-bond donors (Lipinski definition) is 1. The molecule has 0 saturated carbocycles. The fourth-order valence-electron chi connectivity index (χ4n) is 3.76. The Hall–Kier alpha value is -2.75. The van der Waals surface area contributed by atoms with Crippen molar-refractivity contribution in [2.45, 2.75) is 10.9 Å². The summed E-state index contributed by atoms with van der Waals surface area (Å²) in [5.41, 5.74) is 0.941. The van der Waals surface area contributed by atoms with E-state index in [4.69, 9.17) is 4.42 Å². The molecular formula is C22H23F2N3O3S. The molecule has 1 saturated heterocycles. The van der Waals surface area contributed by atoms with Gasteiger partial charge in [0.15, 0.2) is 0 Å². The van der Waals surface area contributed by atoms with Crippen LogP contribution in [-0.2, 0) is 10.0 Å². The van der Waals surface area contributed by atoms with E-state index in [-0.39, 0.29) is 23.3 Å². The van der Waals surface area contributed by atoms with Crippen LogP contribution in [0.4, 0.5) is 14.5 Å². The second-order valence-electron chi connectivity index (χ2n) is 7.31. The first kappa shape index (κ1) is 21.5. The third-order valence-corrected chi connectivity index (χ3v) is 6.87. The number of hydrogen-bond acceptors (Lipinski definition) is 5. The molecule has 1 N–H and O–H groups in total. The Bertz CT molecular complexity index is 1100. The summed E-state index contributed by atoms with van der Waals surface area (Å²) in [4.78, 5) is 3.90. The monoisotopic (exact) mass is 447 g/mol. The summed E-state index contributed by atoms with van der Waals surface area (Å²) in [6, 6.07) is 14.9. The highest BCUT2D eigenvalue weighted by molar-refractivity contribution is 7.89. The van der Waals surface area contributed by atoms with Crippen molar-refractivity contribution in [2.75, 3.05) is 37.6 Å². The second-order valence-corrected chi connectivity index (χ2v) is 9.05. The maximum atomic E-state index is 14.0. The quantitative estimate of drug-likeness (QED) is 0.602. The van der Waals surface area contributed by atoms with Crippen LogP contribution >= 0.6 is 0 Å². The number of furan rings is 1. The van der Waals surface area contributed by atoms with Gasteiger partial charge >= 0.3 is 0 Å². The number of anilines is 1. The summed E-state index contributed by atoms with van der Waals surface area (Å²) >= 11 is 0. The van der Waals surface area contributed by atoms with E-state index >= 15 is 0 Å². The SMILES string of the molecule is O=S(=O)(NCC(c1ccco1)N1CCN(c2ccc(F)cc2)CC1)c1ccccc1F. The number of nitrogens with one attached hydrogen (secondary N) is 1. The molecule has 3 aromatic rings. The molecule has 1 atom stereocenters. The van der Waals surface area contributed by atoms with E-state index in [1.54, 1.807) is 30.5 Å². The Morgan fingerprint density at radius 2 is 1.65 bits per heavy atom. The maximum absolute atomic E-state index is 14.0. The average molecular weight is 448 g/mol. The Kier molecular flexibility index (Phi) is 6.35. The van der Waals surface area contributed by atoms with E-state index in [0.717, 1.165) is 11.8 Å². The summed E-state index contributed by atoms with van der Waals surface area (Å²) in [7, 11) is -4.01. The molecule has 164 valence electrons. The minimum atomic E-state index is -4.01. The summed E-state index contributed by atoms with van der Waals surface area (Å²) in [5, 5.41) is 0. The summed E-state index contributed by atoms with van der Waals surface area (Å²) < 4.78 is 60.5. The van der Waals surface area contributed by atoms with Gasteiger partial charge in [0, 0.05) is 38.4 Å². The molecule has 1 unspecified atom stereocenters. The molecule has 1 aromatic heterocycles. The van der Waals surface area contributed by atoms with Gasteiger partial charge in [0.05, 0.1) is 12.3 Å². The van der Waals surface area contributed by atoms with Gasteiger partial charge in [-0.2, -0.15) is 0 Å². The van der Waals surface area contributed by atoms with Gasteiger partial charge in [-0.3, -0.25) is 4.90 Å². The van der Waals surface area contributed by atoms with Crippen LogP contribution in [0.15, 0.2) is 76.2 Å². The molecule has 2 aromatic carbocycles. The van der Waals surface area contributed by atoms with Crippen LogP contribution in [0.2, 0.25) is 0 Å². The van der Waals surface area contributed by atoms with Gasteiger partial charge in [-0.25, -0.2) is 21.9 Å². The molecule has 0 aliphatic carbocycles. The van der Waals surface area contributed by atoms with Crippen molar-refractivity contribution in [3.8, 4) is 0 Å². The van der Waals surface area contributed by atoms with Crippen LogP contribution in [0.25, 0.3) is 0 Å². The lowest BCUT2D eigenvalue weighted by Gasteiger charge is -2.39. The smallest absolute Gasteiger partial charge is 0.243 e. The number of sulfonamides is 1. The maximum Gasteiger partial charge on any atom is 0.243 e. The van der Waals surface area contributed by atoms with E-state index in [1.807, 2.05) is 0 Å². The Balaban J connectivity index is 1.46. The van der Waals surface area contributed by atoms with Crippen LogP contribution < -0.4 is 9.62 Å². The summed E-state index contributed by atoms with van der Waals surface area (Å²) in [5.74, 6) is -0.439. The van der Waals surface area contributed by atoms with Crippen molar-refractivity contribution in [3.05, 3.63) is 84.3 Å². The molecule has 0 radical (unpaired) electrons. The molecule has 31 heavy (non-hydrogen) atoms. The fourth-order valence-corrected chi connectivity index (χ4v) is 4.88. The van der Waals surface area contributed by atoms with Crippen molar-refractivity contribution >= 4 is 15.7 Å². The number of nitrogens with zero attached hydrogens (tertiary/aromatic N) is 2. The van der Waals surface area contributed by atoms with Crippen molar-refractivity contribution in [2.24, 2.45) is 0 Å². The first-order valence-electron chi connectivity index (χ1n) is 9.96. The highest BCUT2D eigenvalue weighted by Gasteiger charge is 2.29. The highest BCUT2D eigenvalue weighted by atomic mass is 32.2. The van der Waals surface area contributed by atoms with Gasteiger partial charge in [-0.1, -0.05) is 12.1 Å². The third-order valence-electron chi connectivity index (χ3n) is 5.41. The lowest BCUT2D eigenvalue weighted by Crippen LogP contribution is -2.49. The number of rotatable bonds is 7. The molecule has 1 aliphatic heterocycles. The molecule has 0 bridgehead atoms. The van der Waals surface area contributed by atoms with Crippen LogP contribution in [0.5, 0.6) is 0 Å². The predicted molar refractivity (Wildman–Crippen MR) is 113 cm³/mol. The van der Waals surface area contributed by atoms with Crippen LogP contribution in [0.3, 0.4) is 0 Å². The minimum Gasteiger partial charge on any atom is -0.468 e. The van der Waals surface area contributed by atoms with Gasteiger partial charge in [0.1, 0.15) is 22.3 Å². The summed E-state index contributed by atoms with van der Waals surface area (Å²) in [6.45, 7) is 2.75. The van der Waals surface area contributed by atoms with E-state index in [0.29, 0.717) is 31.9 Å². The first-order valence-corrected chi connectivity index (χ1v) is 11.4. The topological polar surface area (TPSA) is 65.8 Å². The largest absolute Gasteiger partial charge is 0.468 e. The molecule has 6 nitrogen and oxygen atoms in total. The molecule has 4 rings (SSSR count). The van der Waals surface area contributed by atoms with E-state index in [1.165, 1.54) is 30.3 Å². The van der Waals surface area contributed by atoms with E-state index < -0.39 is 15.8 Å². The van der Waals surface area contributed by atoms with Gasteiger partial charge < -0.3 is 9.32 Å². The van der Waals surface area contributed by atoms with Crippen LogP contribution in [0.1, 0.15) is 11.8 Å². The van der Waals surface area contributed by atoms with Gasteiger partial charge in [0.2, 0.25) is 10.0 Å². The van der Waals surface area contributed by atoms with Crippen molar-refractivity contribution in [1.29, 1.82) is 0 Å². The molecular weight excluding hydrogens is 424 g/mol. The second kappa shape index (κ2) is 9.17. The fraction of sp³-hybridized carbons (Fsp3) is 0.273. The predicted octanol–water partition coefficient (Wildman–Crippen LogP) is 3.40. The lowest BCUT2D eigenvalue weighted by molar-refractivity contribution is 0.166. The number of halogens is 2. The summed E-state index contributed by atoms with van der Waals surface area (Å²) in [6.07, 6.45) is 1.54. The van der Waals surface area contributed by atoms with Crippen molar-refractivity contribution < 1.29 is 21.6 Å². The van der Waals surface area contributed by atoms with Crippen LogP contribution in [0, 0.1) is 11.6 Å². The Labute approximate surface area is 180 Å². The number of benzene rings is 2. The zero-order chi connectivity index (χ0) is 21.8. The Morgan fingerprint density at radius 3 is 2.29 bits per heavy atom. The zero-order valence-corrected chi connectivity index (χ0v) is 17.6. The third kappa shape index (κ3) is 4.95. The van der Waals surface area contributed by atoms with Gasteiger partial charge in [-0.05, 0) is 48.5 Å². The molecule has 1 fully saturated rings. The first-order chi connectivity index (χ1) is 14.9. The van der Waals surface area contributed by atoms with Crippen LogP contribution in [-0.4, -0.2) is 46.0 Å². The number of piperazine rings is 1. The molecule has 0 amide bonds. The minimum absolute atomic E-state index is 0.0424. The average Bonchev–Trinajstić information content (AvgIpc) is 3.30. The normalized spacial score (nSPS) is 16.4. The molecule has 9 heteroatoms. The van der Waals surface area contributed by atoms with Crippen molar-refractivity contribution in [1.82, 2.24) is 9.62 Å². The zero-order valence-electron chi connectivity index (χ0n) is 16.7. The van der Waals surface area contributed by atoms with Gasteiger partial charge in [-0.15, -0.1) is 0 Å².